The normalized spacial score (nSPS) is 10.3. The molecule has 0 aliphatic carbocycles. The minimum atomic E-state index is 0. The van der Waals surface area contributed by atoms with Crippen molar-refractivity contribution >= 4 is 36.2 Å². The minimum absolute atomic E-state index is 0. The van der Waals surface area contributed by atoms with Gasteiger partial charge in [-0.25, -0.2) is 0 Å². The summed E-state index contributed by atoms with van der Waals surface area (Å²) in [6.45, 7) is 12.7. The predicted molar refractivity (Wildman–Crippen MR) is 144 cm³/mol. The van der Waals surface area contributed by atoms with E-state index in [2.05, 4.69) is 92.1 Å². The molecule has 0 unspecified atom stereocenters. The third-order valence-corrected chi connectivity index (χ3v) is 5.91. The van der Waals surface area contributed by atoms with Crippen LogP contribution in [0.4, 0.5) is 11.4 Å². The largest absolute Gasteiger partial charge is 0.508 e. The predicted octanol–water partition coefficient (Wildman–Crippen LogP) is 7.11. The Morgan fingerprint density at radius 2 is 1.00 bits per heavy atom. The molecule has 1 N–H and O–H groups in total. The number of aromatic hydroxyl groups is 1. The first-order valence-corrected chi connectivity index (χ1v) is 11.1. The van der Waals surface area contributed by atoms with Crippen molar-refractivity contribution in [2.75, 3.05) is 36.0 Å². The molecule has 0 atom stereocenters. The molecule has 174 valence electrons. The summed E-state index contributed by atoms with van der Waals surface area (Å²) >= 11 is 0. The topological polar surface area (TPSA) is 26.7 Å². The molecule has 3 rings (SSSR count). The molecule has 0 saturated carbocycles. The maximum Gasteiger partial charge on any atom is 0.115 e. The Hall–Kier alpha value is -2.36. The maximum atomic E-state index is 10.1. The summed E-state index contributed by atoms with van der Waals surface area (Å²) in [7, 11) is 0. The second-order valence-electron chi connectivity index (χ2n) is 7.56. The second-order valence-corrected chi connectivity index (χ2v) is 7.56. The van der Waals surface area contributed by atoms with E-state index >= 15 is 0 Å². The number of phenolic OH excluding ortho intramolecular Hbond substituents is 1. The van der Waals surface area contributed by atoms with E-state index < -0.39 is 0 Å². The fourth-order valence-corrected chi connectivity index (χ4v) is 4.21. The molecule has 0 saturated heterocycles. The first-order valence-electron chi connectivity index (χ1n) is 11.1. The molecule has 3 nitrogen and oxygen atoms in total. The first-order chi connectivity index (χ1) is 14.6. The summed E-state index contributed by atoms with van der Waals surface area (Å²) < 4.78 is 0. The van der Waals surface area contributed by atoms with Crippen molar-refractivity contribution < 1.29 is 5.11 Å². The number of rotatable bonds is 9. The van der Waals surface area contributed by atoms with E-state index in [9.17, 15) is 5.11 Å². The van der Waals surface area contributed by atoms with Crippen molar-refractivity contribution in [2.45, 2.75) is 33.6 Å². The van der Waals surface area contributed by atoms with E-state index in [4.69, 9.17) is 0 Å². The zero-order valence-electron chi connectivity index (χ0n) is 19.5. The van der Waals surface area contributed by atoms with Crippen LogP contribution in [0.2, 0.25) is 0 Å². The number of hydrogen-bond donors (Lipinski definition) is 1. The quantitative estimate of drug-likeness (QED) is 0.334. The van der Waals surface area contributed by atoms with Crippen LogP contribution in [0, 0.1) is 0 Å². The summed E-state index contributed by atoms with van der Waals surface area (Å²) in [5.41, 5.74) is 6.05. The van der Waals surface area contributed by atoms with E-state index in [1.54, 1.807) is 6.07 Å². The molecule has 3 aromatic rings. The van der Waals surface area contributed by atoms with Crippen LogP contribution < -0.4 is 9.80 Å². The summed E-state index contributed by atoms with van der Waals surface area (Å²) in [5, 5.41) is 10.1. The third-order valence-electron chi connectivity index (χ3n) is 5.91. The lowest BCUT2D eigenvalue weighted by atomic mass is 9.85. The summed E-state index contributed by atoms with van der Waals surface area (Å²) in [5.74, 6) is 0.380. The fourth-order valence-electron chi connectivity index (χ4n) is 4.21. The van der Waals surface area contributed by atoms with Crippen LogP contribution >= 0.6 is 24.8 Å². The molecule has 0 aliphatic heterocycles. The van der Waals surface area contributed by atoms with Gasteiger partial charge in [-0.1, -0.05) is 36.4 Å². The van der Waals surface area contributed by atoms with Gasteiger partial charge in [0.2, 0.25) is 0 Å². The molecule has 0 fully saturated rings. The number of halogens is 2. The van der Waals surface area contributed by atoms with Crippen molar-refractivity contribution in [1.29, 1.82) is 0 Å². The summed E-state index contributed by atoms with van der Waals surface area (Å²) in [6, 6.07) is 25.4. The van der Waals surface area contributed by atoms with Gasteiger partial charge in [-0.3, -0.25) is 0 Å². The smallest absolute Gasteiger partial charge is 0.115 e. The maximum absolute atomic E-state index is 10.1. The molecule has 5 heteroatoms. The van der Waals surface area contributed by atoms with Crippen molar-refractivity contribution in [2.24, 2.45) is 0 Å². The SMILES string of the molecule is CCN(CC)c1ccc(C(c2ccc(N(CC)CC)cc2)c2cccc(O)c2)cc1.Cl.Cl. The van der Waals surface area contributed by atoms with E-state index in [0.717, 1.165) is 31.7 Å². The molecular formula is C27H36Cl2N2O. The van der Waals surface area contributed by atoms with Gasteiger partial charge in [-0.2, -0.15) is 0 Å². The van der Waals surface area contributed by atoms with Gasteiger partial charge in [-0.05, 0) is 80.8 Å². The van der Waals surface area contributed by atoms with Gasteiger partial charge in [0.15, 0.2) is 0 Å². The van der Waals surface area contributed by atoms with Gasteiger partial charge in [0, 0.05) is 43.5 Å². The fraction of sp³-hybridized carbons (Fsp3) is 0.333. The van der Waals surface area contributed by atoms with Gasteiger partial charge < -0.3 is 14.9 Å². The summed E-state index contributed by atoms with van der Waals surface area (Å²) in [6.07, 6.45) is 0. The molecule has 0 aliphatic rings. The highest BCUT2D eigenvalue weighted by Crippen LogP contribution is 2.35. The molecule has 0 amide bonds. The lowest BCUT2D eigenvalue weighted by Crippen LogP contribution is -2.21. The van der Waals surface area contributed by atoms with E-state index in [1.165, 1.54) is 22.5 Å². The highest BCUT2D eigenvalue weighted by Gasteiger charge is 2.18. The Morgan fingerprint density at radius 1 is 0.594 bits per heavy atom. The number of anilines is 2. The van der Waals surface area contributed by atoms with Gasteiger partial charge >= 0.3 is 0 Å². The van der Waals surface area contributed by atoms with Crippen LogP contribution in [0.3, 0.4) is 0 Å². The molecule has 3 aromatic carbocycles. The average molecular weight is 476 g/mol. The Bertz CT molecular complexity index is 866. The van der Waals surface area contributed by atoms with Crippen LogP contribution in [-0.4, -0.2) is 31.3 Å². The first kappa shape index (κ1) is 27.7. The zero-order valence-corrected chi connectivity index (χ0v) is 21.1. The van der Waals surface area contributed by atoms with E-state index in [-0.39, 0.29) is 30.7 Å². The van der Waals surface area contributed by atoms with Gasteiger partial charge in [-0.15, -0.1) is 24.8 Å². The van der Waals surface area contributed by atoms with Crippen molar-refractivity contribution in [3.05, 3.63) is 89.5 Å². The molecule has 0 spiro atoms. The molecule has 0 radical (unpaired) electrons. The molecule has 0 aromatic heterocycles. The van der Waals surface area contributed by atoms with Gasteiger partial charge in [0.25, 0.3) is 0 Å². The summed E-state index contributed by atoms with van der Waals surface area (Å²) in [4.78, 5) is 4.71. The van der Waals surface area contributed by atoms with Crippen LogP contribution in [0.5, 0.6) is 5.75 Å². The molecule has 0 heterocycles. The Morgan fingerprint density at radius 3 is 1.34 bits per heavy atom. The Kier molecular flexibility index (Phi) is 11.5. The Balaban J connectivity index is 0.00000256. The Labute approximate surface area is 205 Å². The van der Waals surface area contributed by atoms with Crippen LogP contribution in [0.15, 0.2) is 72.8 Å². The van der Waals surface area contributed by atoms with E-state index in [0.29, 0.717) is 5.75 Å². The van der Waals surface area contributed by atoms with Crippen LogP contribution in [-0.2, 0) is 0 Å². The van der Waals surface area contributed by atoms with Crippen molar-refractivity contribution in [3.8, 4) is 5.75 Å². The van der Waals surface area contributed by atoms with Crippen LogP contribution in [0.1, 0.15) is 50.3 Å². The number of phenols is 1. The third kappa shape index (κ3) is 6.34. The average Bonchev–Trinajstić information content (AvgIpc) is 2.78. The van der Waals surface area contributed by atoms with Gasteiger partial charge in [0.1, 0.15) is 5.75 Å². The second kappa shape index (κ2) is 13.2. The van der Waals surface area contributed by atoms with Crippen molar-refractivity contribution in [1.82, 2.24) is 0 Å². The standard InChI is InChI=1S/C27H34N2O.2ClH/c1-5-28(6-2)24-16-12-21(13-17-24)27(23-10-9-11-26(30)20-23)22-14-18-25(19-15-22)29(7-3)8-4;;/h9-20,27,30H,5-8H2,1-4H3;2*1H. The van der Waals surface area contributed by atoms with Gasteiger partial charge in [0.05, 0.1) is 0 Å². The minimum Gasteiger partial charge on any atom is -0.508 e. The lowest BCUT2D eigenvalue weighted by molar-refractivity contribution is 0.474. The van der Waals surface area contributed by atoms with E-state index in [1.807, 2.05) is 12.1 Å². The van der Waals surface area contributed by atoms with Crippen molar-refractivity contribution in [3.63, 3.8) is 0 Å². The zero-order chi connectivity index (χ0) is 21.5. The van der Waals surface area contributed by atoms with Crippen LogP contribution in [0.25, 0.3) is 0 Å². The highest BCUT2D eigenvalue weighted by molar-refractivity contribution is 5.85. The number of hydrogen-bond acceptors (Lipinski definition) is 3. The molecule has 0 bridgehead atoms. The monoisotopic (exact) mass is 474 g/mol. The molecular weight excluding hydrogens is 439 g/mol. The lowest BCUT2D eigenvalue weighted by Gasteiger charge is -2.25. The highest BCUT2D eigenvalue weighted by atomic mass is 35.5. The number of benzene rings is 3. The molecule has 32 heavy (non-hydrogen) atoms. The number of nitrogens with zero attached hydrogens (tertiary/aromatic N) is 2.